The van der Waals surface area contributed by atoms with Crippen molar-refractivity contribution in [1.29, 1.82) is 0 Å². The first-order chi connectivity index (χ1) is 12.7. The second kappa shape index (κ2) is 7.25. The molecular formula is C19H22F2N2O4. The maximum atomic E-state index is 14.0. The monoisotopic (exact) mass is 380 g/mol. The number of amides is 2. The van der Waals surface area contributed by atoms with Gasteiger partial charge in [-0.3, -0.25) is 14.4 Å². The maximum absolute atomic E-state index is 14.0. The third-order valence-electron chi connectivity index (χ3n) is 5.61. The first-order valence-electron chi connectivity index (χ1n) is 9.01. The summed E-state index contributed by atoms with van der Waals surface area (Å²) in [5, 5.41) is 12.3. The summed E-state index contributed by atoms with van der Waals surface area (Å²) in [6.07, 6.45) is 2.55. The molecular weight excluding hydrogens is 358 g/mol. The molecule has 8 heteroatoms. The van der Waals surface area contributed by atoms with Gasteiger partial charge in [0.1, 0.15) is 11.6 Å². The Bertz CT molecular complexity index is 785. The molecule has 0 spiro atoms. The molecule has 27 heavy (non-hydrogen) atoms. The Morgan fingerprint density at radius 1 is 1.30 bits per heavy atom. The number of hydrogen-bond acceptors (Lipinski definition) is 3. The van der Waals surface area contributed by atoms with Crippen molar-refractivity contribution < 1.29 is 28.3 Å². The van der Waals surface area contributed by atoms with Crippen LogP contribution in [0.4, 0.5) is 14.5 Å². The molecule has 0 bridgehead atoms. The number of rotatable bonds is 4. The van der Waals surface area contributed by atoms with E-state index < -0.39 is 46.8 Å². The van der Waals surface area contributed by atoms with Gasteiger partial charge < -0.3 is 15.3 Å². The van der Waals surface area contributed by atoms with E-state index in [1.54, 1.807) is 6.92 Å². The normalized spacial score (nSPS) is 28.3. The minimum absolute atomic E-state index is 0.0267. The van der Waals surface area contributed by atoms with Crippen molar-refractivity contribution in [2.45, 2.75) is 44.6 Å². The lowest BCUT2D eigenvalue weighted by Gasteiger charge is -2.40. The van der Waals surface area contributed by atoms with Crippen molar-refractivity contribution in [1.82, 2.24) is 5.32 Å². The van der Waals surface area contributed by atoms with Crippen LogP contribution in [0.3, 0.4) is 0 Å². The predicted octanol–water partition coefficient (Wildman–Crippen LogP) is 2.47. The summed E-state index contributed by atoms with van der Waals surface area (Å²) >= 11 is 0. The zero-order valence-electron chi connectivity index (χ0n) is 15.0. The zero-order valence-corrected chi connectivity index (χ0v) is 15.0. The van der Waals surface area contributed by atoms with Crippen LogP contribution in [0.15, 0.2) is 18.2 Å². The number of carboxylic acids is 1. The summed E-state index contributed by atoms with van der Waals surface area (Å²) in [6.45, 7) is 1.69. The van der Waals surface area contributed by atoms with Crippen LogP contribution in [0.2, 0.25) is 0 Å². The maximum Gasteiger partial charge on any atom is 0.308 e. The molecule has 146 valence electrons. The number of nitrogens with one attached hydrogen (secondary N) is 1. The second-order valence-corrected chi connectivity index (χ2v) is 7.54. The van der Waals surface area contributed by atoms with Crippen molar-refractivity contribution in [3.8, 4) is 0 Å². The van der Waals surface area contributed by atoms with Gasteiger partial charge in [-0.15, -0.1) is 0 Å². The molecule has 1 heterocycles. The van der Waals surface area contributed by atoms with E-state index in [-0.39, 0.29) is 18.7 Å². The molecule has 2 N–H and O–H groups in total. The van der Waals surface area contributed by atoms with Gasteiger partial charge >= 0.3 is 5.97 Å². The summed E-state index contributed by atoms with van der Waals surface area (Å²) in [5.41, 5.74) is -0.942. The van der Waals surface area contributed by atoms with Crippen LogP contribution in [-0.4, -0.2) is 35.0 Å². The van der Waals surface area contributed by atoms with Crippen molar-refractivity contribution in [2.75, 3.05) is 11.4 Å². The molecule has 1 saturated heterocycles. The summed E-state index contributed by atoms with van der Waals surface area (Å²) in [5.74, 6) is -4.80. The Labute approximate surface area is 155 Å². The average molecular weight is 380 g/mol. The lowest BCUT2D eigenvalue weighted by atomic mass is 9.73. The molecule has 1 aromatic carbocycles. The molecule has 2 amide bonds. The number of halogens is 2. The van der Waals surface area contributed by atoms with Crippen LogP contribution in [0.1, 0.15) is 39.0 Å². The van der Waals surface area contributed by atoms with Crippen LogP contribution in [0.5, 0.6) is 0 Å². The second-order valence-electron chi connectivity index (χ2n) is 7.54. The number of aliphatic carboxylic acids is 1. The molecule has 1 aliphatic carbocycles. The lowest BCUT2D eigenvalue weighted by molar-refractivity contribution is -0.147. The van der Waals surface area contributed by atoms with E-state index in [0.717, 1.165) is 23.8 Å². The molecule has 3 rings (SSSR count). The first kappa shape index (κ1) is 19.3. The van der Waals surface area contributed by atoms with E-state index in [1.807, 2.05) is 0 Å². The Morgan fingerprint density at radius 3 is 2.70 bits per heavy atom. The van der Waals surface area contributed by atoms with Gasteiger partial charge in [-0.2, -0.15) is 0 Å². The Hall–Kier alpha value is -2.51. The zero-order chi connectivity index (χ0) is 19.8. The van der Waals surface area contributed by atoms with Gasteiger partial charge in [-0.1, -0.05) is 12.8 Å². The number of hydrogen-bond donors (Lipinski definition) is 2. The van der Waals surface area contributed by atoms with Gasteiger partial charge in [0.05, 0.1) is 23.1 Å². The molecule has 0 radical (unpaired) electrons. The van der Waals surface area contributed by atoms with Gasteiger partial charge in [-0.05, 0) is 31.9 Å². The smallest absolute Gasteiger partial charge is 0.308 e. The van der Waals surface area contributed by atoms with Gasteiger partial charge in [0, 0.05) is 19.0 Å². The predicted molar refractivity (Wildman–Crippen MR) is 93.0 cm³/mol. The Balaban J connectivity index is 1.73. The number of carbonyl (C=O) groups excluding carboxylic acids is 2. The standard InChI is InChI=1S/C19H22F2N2O4/c1-19(7-3-2-4-13(19)18(26)27)22-17(25)11-8-16(24)23(10-11)15-6-5-12(20)9-14(15)21/h5-6,9,11,13H,2-4,7-8,10H2,1H3,(H,22,25)(H,26,27). The number of carbonyl (C=O) groups is 3. The topological polar surface area (TPSA) is 86.7 Å². The summed E-state index contributed by atoms with van der Waals surface area (Å²) in [4.78, 5) is 37.7. The van der Waals surface area contributed by atoms with Gasteiger partial charge in [0.2, 0.25) is 11.8 Å². The third-order valence-corrected chi connectivity index (χ3v) is 5.61. The fourth-order valence-corrected chi connectivity index (χ4v) is 4.08. The summed E-state index contributed by atoms with van der Waals surface area (Å²) < 4.78 is 27.1. The van der Waals surface area contributed by atoms with Crippen molar-refractivity contribution in [2.24, 2.45) is 11.8 Å². The van der Waals surface area contributed by atoms with Crippen molar-refractivity contribution in [3.05, 3.63) is 29.8 Å². The highest BCUT2D eigenvalue weighted by Crippen LogP contribution is 2.35. The molecule has 1 aromatic rings. The molecule has 3 atom stereocenters. The molecule has 6 nitrogen and oxygen atoms in total. The number of carboxylic acid groups (broad SMARTS) is 1. The van der Waals surface area contributed by atoms with E-state index in [2.05, 4.69) is 5.32 Å². The van der Waals surface area contributed by atoms with Gasteiger partial charge in [0.25, 0.3) is 0 Å². The third kappa shape index (κ3) is 3.79. The summed E-state index contributed by atoms with van der Waals surface area (Å²) in [6, 6.07) is 2.92. The Kier molecular flexibility index (Phi) is 5.17. The highest BCUT2D eigenvalue weighted by Gasteiger charge is 2.44. The number of benzene rings is 1. The highest BCUT2D eigenvalue weighted by molar-refractivity contribution is 6.00. The molecule has 0 aromatic heterocycles. The van der Waals surface area contributed by atoms with Crippen molar-refractivity contribution in [3.63, 3.8) is 0 Å². The van der Waals surface area contributed by atoms with Crippen LogP contribution < -0.4 is 10.2 Å². The van der Waals surface area contributed by atoms with E-state index in [1.165, 1.54) is 6.07 Å². The SMILES string of the molecule is CC1(NC(=O)C2CC(=O)N(c3ccc(F)cc3F)C2)CCCCC1C(=O)O. The molecule has 1 aliphatic heterocycles. The number of nitrogens with zero attached hydrogens (tertiary/aromatic N) is 1. The minimum atomic E-state index is -0.949. The summed E-state index contributed by atoms with van der Waals surface area (Å²) in [7, 11) is 0. The molecule has 2 aliphatic rings. The van der Waals surface area contributed by atoms with Crippen LogP contribution in [0.25, 0.3) is 0 Å². The quantitative estimate of drug-likeness (QED) is 0.840. The average Bonchev–Trinajstić information content (AvgIpc) is 2.96. The highest BCUT2D eigenvalue weighted by atomic mass is 19.1. The van der Waals surface area contributed by atoms with Gasteiger partial charge in [0.15, 0.2) is 0 Å². The number of anilines is 1. The molecule has 2 fully saturated rings. The Morgan fingerprint density at radius 2 is 2.04 bits per heavy atom. The molecule has 3 unspecified atom stereocenters. The fraction of sp³-hybridized carbons (Fsp3) is 0.526. The van der Waals surface area contributed by atoms with E-state index in [4.69, 9.17) is 0 Å². The fourth-order valence-electron chi connectivity index (χ4n) is 4.08. The first-order valence-corrected chi connectivity index (χ1v) is 9.01. The van der Waals surface area contributed by atoms with Crippen LogP contribution in [-0.2, 0) is 14.4 Å². The van der Waals surface area contributed by atoms with E-state index in [0.29, 0.717) is 18.9 Å². The lowest BCUT2D eigenvalue weighted by Crippen LogP contribution is -2.56. The van der Waals surface area contributed by atoms with Crippen LogP contribution in [0, 0.1) is 23.5 Å². The van der Waals surface area contributed by atoms with Gasteiger partial charge in [-0.25, -0.2) is 8.78 Å². The van der Waals surface area contributed by atoms with E-state index >= 15 is 0 Å². The minimum Gasteiger partial charge on any atom is -0.481 e. The van der Waals surface area contributed by atoms with Crippen molar-refractivity contribution >= 4 is 23.5 Å². The molecule has 1 saturated carbocycles. The largest absolute Gasteiger partial charge is 0.481 e. The van der Waals surface area contributed by atoms with E-state index in [9.17, 15) is 28.3 Å². The van der Waals surface area contributed by atoms with Crippen LogP contribution >= 0.6 is 0 Å².